The highest BCUT2D eigenvalue weighted by Gasteiger charge is 2.17. The zero-order valence-corrected chi connectivity index (χ0v) is 19.7. The molecule has 0 aliphatic rings. The van der Waals surface area contributed by atoms with Crippen LogP contribution in [0.1, 0.15) is 21.7 Å². The molecular formula is C23H22Cl2N4O4. The number of anilines is 1. The van der Waals surface area contributed by atoms with Crippen molar-refractivity contribution < 1.29 is 19.4 Å². The average molecular weight is 489 g/mol. The number of nitrogens with zero attached hydrogens (tertiary/aromatic N) is 3. The van der Waals surface area contributed by atoms with Gasteiger partial charge in [-0.05, 0) is 49.7 Å². The summed E-state index contributed by atoms with van der Waals surface area (Å²) in [7, 11) is 1.46. The first kappa shape index (κ1) is 24.3. The molecule has 0 aliphatic carbocycles. The smallest absolute Gasteiger partial charge is 0.407 e. The molecule has 3 aromatic rings. The molecule has 0 saturated carbocycles. The molecule has 0 radical (unpaired) electrons. The van der Waals surface area contributed by atoms with E-state index in [1.807, 2.05) is 19.9 Å². The van der Waals surface area contributed by atoms with E-state index < -0.39 is 12.0 Å². The van der Waals surface area contributed by atoms with Gasteiger partial charge >= 0.3 is 6.09 Å². The van der Waals surface area contributed by atoms with Crippen LogP contribution in [0, 0.1) is 13.8 Å². The van der Waals surface area contributed by atoms with E-state index in [1.165, 1.54) is 13.2 Å². The van der Waals surface area contributed by atoms with Crippen molar-refractivity contribution in [3.8, 4) is 17.0 Å². The highest BCUT2D eigenvalue weighted by molar-refractivity contribution is 6.35. The van der Waals surface area contributed by atoms with E-state index in [2.05, 4.69) is 15.3 Å². The molecule has 10 heteroatoms. The number of hydrogen-bond acceptors (Lipinski definition) is 5. The molecule has 8 nitrogen and oxygen atoms in total. The van der Waals surface area contributed by atoms with Gasteiger partial charge in [0.25, 0.3) is 5.91 Å². The van der Waals surface area contributed by atoms with Gasteiger partial charge in [-0.25, -0.2) is 14.8 Å². The molecule has 0 aliphatic heterocycles. The second-order valence-corrected chi connectivity index (χ2v) is 8.12. The van der Waals surface area contributed by atoms with Gasteiger partial charge in [-0.1, -0.05) is 29.3 Å². The number of amides is 2. The zero-order valence-electron chi connectivity index (χ0n) is 18.2. The van der Waals surface area contributed by atoms with Gasteiger partial charge in [-0.2, -0.15) is 0 Å². The standard InChI is InChI=1S/C23H22Cl2N4O4/c1-13-4-7-19(33-11-10-29(3)23(31)32)14(2)20(13)28-22(30)21-26-9-8-18(27-21)16-12-15(24)5-6-17(16)25/h4-9,12H,10-11H2,1-3H3,(H,28,30)(H,31,32). The molecule has 0 unspecified atom stereocenters. The number of likely N-dealkylation sites (N-methyl/N-ethyl adjacent to an activating group) is 1. The first-order chi connectivity index (χ1) is 15.7. The number of ether oxygens (including phenoxy) is 1. The quantitative estimate of drug-likeness (QED) is 0.466. The van der Waals surface area contributed by atoms with Crippen LogP contribution < -0.4 is 10.1 Å². The topological polar surface area (TPSA) is 105 Å². The summed E-state index contributed by atoms with van der Waals surface area (Å²) in [5.74, 6) is 0.00998. The van der Waals surface area contributed by atoms with Crippen molar-refractivity contribution in [3.05, 3.63) is 69.6 Å². The molecule has 172 valence electrons. The second-order valence-electron chi connectivity index (χ2n) is 7.28. The molecule has 3 rings (SSSR count). The van der Waals surface area contributed by atoms with Crippen molar-refractivity contribution in [2.75, 3.05) is 25.5 Å². The lowest BCUT2D eigenvalue weighted by Gasteiger charge is -2.17. The molecule has 2 amide bonds. The van der Waals surface area contributed by atoms with Gasteiger partial charge in [0.2, 0.25) is 5.82 Å². The molecule has 33 heavy (non-hydrogen) atoms. The minimum absolute atomic E-state index is 0.0308. The van der Waals surface area contributed by atoms with Crippen molar-refractivity contribution in [1.82, 2.24) is 14.9 Å². The molecule has 0 spiro atoms. The molecular weight excluding hydrogens is 467 g/mol. The summed E-state index contributed by atoms with van der Waals surface area (Å²) in [5.41, 5.74) is 3.16. The van der Waals surface area contributed by atoms with E-state index in [0.29, 0.717) is 38.3 Å². The minimum atomic E-state index is -1.03. The van der Waals surface area contributed by atoms with Crippen molar-refractivity contribution in [2.24, 2.45) is 0 Å². The van der Waals surface area contributed by atoms with Gasteiger partial charge < -0.3 is 20.1 Å². The van der Waals surface area contributed by atoms with Crippen molar-refractivity contribution in [2.45, 2.75) is 13.8 Å². The molecule has 0 atom stereocenters. The molecule has 0 fully saturated rings. The molecule has 0 bridgehead atoms. The molecule has 2 aromatic carbocycles. The summed E-state index contributed by atoms with van der Waals surface area (Å²) in [6.45, 7) is 4.04. The highest BCUT2D eigenvalue weighted by Crippen LogP contribution is 2.31. The van der Waals surface area contributed by atoms with Gasteiger partial charge in [0.1, 0.15) is 12.4 Å². The summed E-state index contributed by atoms with van der Waals surface area (Å²) < 4.78 is 5.73. The fourth-order valence-electron chi connectivity index (χ4n) is 3.05. The predicted octanol–water partition coefficient (Wildman–Crippen LogP) is 5.31. The fourth-order valence-corrected chi connectivity index (χ4v) is 3.43. The lowest BCUT2D eigenvalue weighted by Crippen LogP contribution is -2.29. The Morgan fingerprint density at radius 2 is 1.91 bits per heavy atom. The van der Waals surface area contributed by atoms with E-state index in [9.17, 15) is 9.59 Å². The summed E-state index contributed by atoms with van der Waals surface area (Å²) >= 11 is 12.3. The number of rotatable bonds is 7. The maximum absolute atomic E-state index is 12.9. The number of carbonyl (C=O) groups excluding carboxylic acids is 1. The monoisotopic (exact) mass is 488 g/mol. The lowest BCUT2D eigenvalue weighted by atomic mass is 10.1. The summed E-state index contributed by atoms with van der Waals surface area (Å²) in [4.78, 5) is 33.4. The van der Waals surface area contributed by atoms with E-state index in [0.717, 1.165) is 10.5 Å². The number of carboxylic acid groups (broad SMARTS) is 1. The first-order valence-electron chi connectivity index (χ1n) is 9.94. The number of halogens is 2. The lowest BCUT2D eigenvalue weighted by molar-refractivity contribution is 0.101. The number of benzene rings is 2. The highest BCUT2D eigenvalue weighted by atomic mass is 35.5. The molecule has 0 saturated heterocycles. The van der Waals surface area contributed by atoms with Gasteiger partial charge in [0, 0.05) is 29.4 Å². The van der Waals surface area contributed by atoms with Gasteiger partial charge in [0.05, 0.1) is 22.9 Å². The molecule has 1 aromatic heterocycles. The third-order valence-electron chi connectivity index (χ3n) is 4.94. The zero-order chi connectivity index (χ0) is 24.1. The minimum Gasteiger partial charge on any atom is -0.491 e. The Bertz CT molecular complexity index is 1200. The van der Waals surface area contributed by atoms with Crippen LogP contribution >= 0.6 is 23.2 Å². The van der Waals surface area contributed by atoms with Crippen molar-refractivity contribution in [3.63, 3.8) is 0 Å². The van der Waals surface area contributed by atoms with Crippen LogP contribution in [-0.2, 0) is 0 Å². The van der Waals surface area contributed by atoms with E-state index in [4.69, 9.17) is 33.0 Å². The Hall–Kier alpha value is -3.36. The van der Waals surface area contributed by atoms with Crippen LogP contribution in [0.25, 0.3) is 11.3 Å². The number of nitrogens with one attached hydrogen (secondary N) is 1. The van der Waals surface area contributed by atoms with Crippen LogP contribution in [0.2, 0.25) is 10.0 Å². The van der Waals surface area contributed by atoms with E-state index >= 15 is 0 Å². The predicted molar refractivity (Wildman–Crippen MR) is 128 cm³/mol. The Balaban J connectivity index is 1.80. The van der Waals surface area contributed by atoms with Gasteiger partial charge in [0.15, 0.2) is 0 Å². The van der Waals surface area contributed by atoms with Crippen LogP contribution in [0.5, 0.6) is 5.75 Å². The Morgan fingerprint density at radius 3 is 2.64 bits per heavy atom. The number of aryl methyl sites for hydroxylation is 1. The average Bonchev–Trinajstić information content (AvgIpc) is 2.79. The third kappa shape index (κ3) is 5.91. The van der Waals surface area contributed by atoms with Crippen LogP contribution in [0.3, 0.4) is 0 Å². The van der Waals surface area contributed by atoms with Crippen LogP contribution in [0.15, 0.2) is 42.6 Å². The third-order valence-corrected chi connectivity index (χ3v) is 5.50. The number of aromatic nitrogens is 2. The number of carbonyl (C=O) groups is 2. The van der Waals surface area contributed by atoms with E-state index in [-0.39, 0.29) is 19.0 Å². The molecule has 2 N–H and O–H groups in total. The summed E-state index contributed by atoms with van der Waals surface area (Å²) in [6.07, 6.45) is 0.445. The maximum Gasteiger partial charge on any atom is 0.407 e. The molecule has 1 heterocycles. The Morgan fingerprint density at radius 1 is 1.15 bits per heavy atom. The normalized spacial score (nSPS) is 10.6. The van der Waals surface area contributed by atoms with Gasteiger partial charge in [-0.3, -0.25) is 4.79 Å². The maximum atomic E-state index is 12.9. The fraction of sp³-hybridized carbons (Fsp3) is 0.217. The first-order valence-corrected chi connectivity index (χ1v) is 10.7. The van der Waals surface area contributed by atoms with Crippen molar-refractivity contribution in [1.29, 1.82) is 0 Å². The van der Waals surface area contributed by atoms with Crippen LogP contribution in [-0.4, -0.2) is 52.2 Å². The van der Waals surface area contributed by atoms with Crippen LogP contribution in [0.4, 0.5) is 10.5 Å². The summed E-state index contributed by atoms with van der Waals surface area (Å²) in [6, 6.07) is 10.2. The SMILES string of the molecule is Cc1ccc(OCCN(C)C(=O)O)c(C)c1NC(=O)c1nccc(-c2cc(Cl)ccc2Cl)n1. The number of hydrogen-bond donors (Lipinski definition) is 2. The van der Waals surface area contributed by atoms with E-state index in [1.54, 1.807) is 30.3 Å². The largest absolute Gasteiger partial charge is 0.491 e. The Kier molecular flexibility index (Phi) is 7.73. The Labute approximate surface area is 201 Å². The summed E-state index contributed by atoms with van der Waals surface area (Å²) in [5, 5.41) is 12.7. The second kappa shape index (κ2) is 10.5. The van der Waals surface area contributed by atoms with Gasteiger partial charge in [-0.15, -0.1) is 0 Å². The van der Waals surface area contributed by atoms with Crippen molar-refractivity contribution >= 4 is 40.9 Å².